The molecule has 1 fully saturated rings. The van der Waals surface area contributed by atoms with Gasteiger partial charge in [-0.1, -0.05) is 24.8 Å². The molecule has 0 radical (unpaired) electrons. The Balaban J connectivity index is 1.61. The molecule has 8 heteroatoms. The molecule has 2 unspecified atom stereocenters. The summed E-state index contributed by atoms with van der Waals surface area (Å²) in [6, 6.07) is 4.49. The first-order chi connectivity index (χ1) is 13.5. The van der Waals surface area contributed by atoms with Crippen LogP contribution in [-0.2, 0) is 0 Å². The highest BCUT2D eigenvalue weighted by Gasteiger charge is 2.39. The van der Waals surface area contributed by atoms with Crippen molar-refractivity contribution in [2.45, 2.75) is 56.8 Å². The number of thioether (sulfide) groups is 1. The summed E-state index contributed by atoms with van der Waals surface area (Å²) in [4.78, 5) is 13.9. The quantitative estimate of drug-likeness (QED) is 0.436. The Labute approximate surface area is 167 Å². The molecule has 1 aliphatic rings. The molecule has 5 nitrogen and oxygen atoms in total. The fraction of sp³-hybridized carbons (Fsp3) is 0.450. The van der Waals surface area contributed by atoms with E-state index < -0.39 is 11.6 Å². The van der Waals surface area contributed by atoms with Crippen LogP contribution in [0.1, 0.15) is 51.1 Å². The minimum atomic E-state index is -0.816. The smallest absolute Gasteiger partial charge is 0.191 e. The van der Waals surface area contributed by atoms with Gasteiger partial charge in [0.05, 0.1) is 6.33 Å². The summed E-state index contributed by atoms with van der Waals surface area (Å²) in [6.45, 7) is 6.31. The van der Waals surface area contributed by atoms with Gasteiger partial charge in [0.1, 0.15) is 0 Å². The lowest BCUT2D eigenvalue weighted by atomic mass is 10.1. The molecule has 0 spiro atoms. The van der Waals surface area contributed by atoms with Crippen LogP contribution in [0.15, 0.2) is 29.7 Å². The van der Waals surface area contributed by atoms with Crippen LogP contribution in [0.5, 0.6) is 0 Å². The Morgan fingerprint density at radius 1 is 1.25 bits per heavy atom. The lowest BCUT2D eigenvalue weighted by Gasteiger charge is -2.11. The number of fused-ring (bicyclic) bond motifs is 1. The largest absolute Gasteiger partial charge is 0.365 e. The zero-order valence-corrected chi connectivity index (χ0v) is 16.9. The van der Waals surface area contributed by atoms with Crippen LogP contribution in [-0.4, -0.2) is 31.3 Å². The number of hydrogen-bond donors (Lipinski definition) is 1. The summed E-state index contributed by atoms with van der Waals surface area (Å²) in [5.41, 5.74) is 2.36. The first kappa shape index (κ1) is 19.1. The molecule has 0 aliphatic heterocycles. The normalized spacial score (nSPS) is 18.8. The molecule has 0 saturated heterocycles. The number of rotatable bonds is 7. The lowest BCUT2D eigenvalue weighted by molar-refractivity contribution is 0.507. The van der Waals surface area contributed by atoms with Crippen LogP contribution in [0.3, 0.4) is 0 Å². The van der Waals surface area contributed by atoms with Crippen molar-refractivity contribution in [2.24, 2.45) is 0 Å². The molecule has 2 atom stereocenters. The molecule has 1 aliphatic carbocycles. The molecule has 0 bridgehead atoms. The first-order valence-electron chi connectivity index (χ1n) is 9.56. The Kier molecular flexibility index (Phi) is 5.23. The maximum absolute atomic E-state index is 13.5. The number of benzene rings is 1. The predicted octanol–water partition coefficient (Wildman–Crippen LogP) is 5.16. The van der Waals surface area contributed by atoms with Gasteiger partial charge >= 0.3 is 0 Å². The van der Waals surface area contributed by atoms with Crippen LogP contribution >= 0.6 is 11.8 Å². The summed E-state index contributed by atoms with van der Waals surface area (Å²) in [5.74, 6) is 0.170. The lowest BCUT2D eigenvalue weighted by Crippen LogP contribution is -2.09. The number of anilines is 1. The predicted molar refractivity (Wildman–Crippen MR) is 108 cm³/mol. The second kappa shape index (κ2) is 7.66. The summed E-state index contributed by atoms with van der Waals surface area (Å²) in [6.07, 6.45) is 3.68. The summed E-state index contributed by atoms with van der Waals surface area (Å²) < 4.78 is 28.8. The molecule has 0 amide bonds. The van der Waals surface area contributed by atoms with E-state index in [0.717, 1.165) is 40.5 Å². The molecule has 4 rings (SSSR count). The van der Waals surface area contributed by atoms with Gasteiger partial charge in [-0.2, -0.15) is 0 Å². The van der Waals surface area contributed by atoms with Crippen LogP contribution in [0.2, 0.25) is 0 Å². The molecule has 1 saturated carbocycles. The van der Waals surface area contributed by atoms with E-state index in [9.17, 15) is 8.78 Å². The SMILES string of the molecule is CCCSc1nc(NC2CC2c2ccc(F)c(F)c2)c2ncn(C(C)C)c2n1. The number of hydrogen-bond acceptors (Lipinski definition) is 5. The van der Waals surface area contributed by atoms with E-state index in [1.165, 1.54) is 12.1 Å². The fourth-order valence-electron chi connectivity index (χ4n) is 3.27. The van der Waals surface area contributed by atoms with Crippen molar-refractivity contribution in [1.29, 1.82) is 0 Å². The van der Waals surface area contributed by atoms with E-state index in [1.54, 1.807) is 24.2 Å². The second-order valence-corrected chi connectivity index (χ2v) is 8.45. The van der Waals surface area contributed by atoms with Gasteiger partial charge in [-0.05, 0) is 44.4 Å². The zero-order chi connectivity index (χ0) is 19.8. The van der Waals surface area contributed by atoms with Crippen molar-refractivity contribution in [3.63, 3.8) is 0 Å². The van der Waals surface area contributed by atoms with E-state index >= 15 is 0 Å². The summed E-state index contributed by atoms with van der Waals surface area (Å²) in [5, 5.41) is 4.18. The standard InChI is InChI=1S/C20H23F2N5S/c1-4-7-28-20-25-18(17-19(26-20)27(10-23-17)11(2)3)24-16-9-13(16)12-5-6-14(21)15(22)8-12/h5-6,8,10-11,13,16H,4,7,9H2,1-3H3,(H,24,25,26). The van der Waals surface area contributed by atoms with Gasteiger partial charge in [-0.15, -0.1) is 0 Å². The van der Waals surface area contributed by atoms with E-state index in [-0.39, 0.29) is 18.0 Å². The Hall–Kier alpha value is -2.22. The van der Waals surface area contributed by atoms with E-state index in [4.69, 9.17) is 4.98 Å². The maximum atomic E-state index is 13.5. The average molecular weight is 404 g/mol. The van der Waals surface area contributed by atoms with Gasteiger partial charge in [-0.3, -0.25) is 0 Å². The minimum Gasteiger partial charge on any atom is -0.365 e. The van der Waals surface area contributed by atoms with Gasteiger partial charge in [0.2, 0.25) is 0 Å². The topological polar surface area (TPSA) is 55.6 Å². The highest BCUT2D eigenvalue weighted by molar-refractivity contribution is 7.99. The molecular weight excluding hydrogens is 380 g/mol. The van der Waals surface area contributed by atoms with Gasteiger partial charge in [0.25, 0.3) is 0 Å². The first-order valence-corrected chi connectivity index (χ1v) is 10.5. The Morgan fingerprint density at radius 2 is 2.07 bits per heavy atom. The molecule has 2 aromatic heterocycles. The van der Waals surface area contributed by atoms with E-state index in [0.29, 0.717) is 5.82 Å². The molecule has 148 valence electrons. The average Bonchev–Trinajstić information content (AvgIpc) is 3.28. The van der Waals surface area contributed by atoms with Crippen molar-refractivity contribution in [3.05, 3.63) is 41.7 Å². The van der Waals surface area contributed by atoms with Crippen LogP contribution in [0.25, 0.3) is 11.2 Å². The highest BCUT2D eigenvalue weighted by atomic mass is 32.2. The van der Waals surface area contributed by atoms with Gasteiger partial charge in [0.15, 0.2) is 33.8 Å². The van der Waals surface area contributed by atoms with Crippen LogP contribution in [0, 0.1) is 11.6 Å². The van der Waals surface area contributed by atoms with Crippen LogP contribution in [0.4, 0.5) is 14.6 Å². The fourth-order valence-corrected chi connectivity index (χ4v) is 3.97. The summed E-state index contributed by atoms with van der Waals surface area (Å²) in [7, 11) is 0. The Bertz CT molecular complexity index is 1000. The number of aromatic nitrogens is 4. The van der Waals surface area contributed by atoms with Gasteiger partial charge < -0.3 is 9.88 Å². The number of halogens is 2. The summed E-state index contributed by atoms with van der Waals surface area (Å²) >= 11 is 1.63. The maximum Gasteiger partial charge on any atom is 0.191 e. The van der Waals surface area contributed by atoms with Crippen molar-refractivity contribution in [1.82, 2.24) is 19.5 Å². The number of nitrogens with zero attached hydrogens (tertiary/aromatic N) is 4. The van der Waals surface area contributed by atoms with Gasteiger partial charge in [-0.25, -0.2) is 23.7 Å². The monoisotopic (exact) mass is 403 g/mol. The second-order valence-electron chi connectivity index (χ2n) is 7.39. The molecule has 2 heterocycles. The molecule has 28 heavy (non-hydrogen) atoms. The third kappa shape index (κ3) is 3.70. The van der Waals surface area contributed by atoms with E-state index in [1.807, 2.05) is 4.57 Å². The van der Waals surface area contributed by atoms with Crippen molar-refractivity contribution >= 4 is 28.7 Å². The number of imidazole rings is 1. The van der Waals surface area contributed by atoms with Gasteiger partial charge in [0, 0.05) is 23.8 Å². The molecule has 3 aromatic rings. The van der Waals surface area contributed by atoms with Crippen molar-refractivity contribution < 1.29 is 8.78 Å². The Morgan fingerprint density at radius 3 is 2.79 bits per heavy atom. The van der Waals surface area contributed by atoms with Crippen molar-refractivity contribution in [2.75, 3.05) is 11.1 Å². The number of nitrogens with one attached hydrogen (secondary N) is 1. The molecular formula is C20H23F2N5S. The molecule has 1 aromatic carbocycles. The highest BCUT2D eigenvalue weighted by Crippen LogP contribution is 2.43. The third-order valence-electron chi connectivity index (χ3n) is 4.88. The van der Waals surface area contributed by atoms with Crippen molar-refractivity contribution in [3.8, 4) is 0 Å². The van der Waals surface area contributed by atoms with Crippen LogP contribution < -0.4 is 5.32 Å². The zero-order valence-electron chi connectivity index (χ0n) is 16.1. The third-order valence-corrected chi connectivity index (χ3v) is 5.93. The molecule has 1 N–H and O–H groups in total. The van der Waals surface area contributed by atoms with E-state index in [2.05, 4.69) is 36.1 Å². The minimum absolute atomic E-state index is 0.121.